The highest BCUT2D eigenvalue weighted by atomic mass is 16.5. The lowest BCUT2D eigenvalue weighted by molar-refractivity contribution is 0.215. The summed E-state index contributed by atoms with van der Waals surface area (Å²) in [6, 6.07) is 14.2. The van der Waals surface area contributed by atoms with Crippen LogP contribution in [0.15, 0.2) is 60.7 Å². The van der Waals surface area contributed by atoms with E-state index in [1.165, 1.54) is 0 Å². The maximum absolute atomic E-state index is 10.8. The van der Waals surface area contributed by atoms with E-state index in [9.17, 15) is 5.11 Å². The maximum atomic E-state index is 10.8. The van der Waals surface area contributed by atoms with Crippen molar-refractivity contribution in [1.29, 1.82) is 0 Å². The van der Waals surface area contributed by atoms with E-state index >= 15 is 0 Å². The molecule has 2 heteroatoms. The second-order valence-corrected chi connectivity index (χ2v) is 6.62. The van der Waals surface area contributed by atoms with Gasteiger partial charge in [0.25, 0.3) is 0 Å². The van der Waals surface area contributed by atoms with Crippen molar-refractivity contribution in [3.05, 3.63) is 82.9 Å². The van der Waals surface area contributed by atoms with Gasteiger partial charge in [-0.2, -0.15) is 0 Å². The molecule has 0 aromatic heterocycles. The fourth-order valence-electron chi connectivity index (χ4n) is 3.24. The number of hydrogen-bond acceptors (Lipinski definition) is 2. The van der Waals surface area contributed by atoms with Crippen molar-refractivity contribution in [3.63, 3.8) is 0 Å². The second-order valence-electron chi connectivity index (χ2n) is 6.62. The molecule has 0 fully saturated rings. The number of aliphatic hydroxyl groups excluding tert-OH is 1. The van der Waals surface area contributed by atoms with Crippen LogP contribution in [0.25, 0.3) is 5.57 Å². The van der Waals surface area contributed by atoms with E-state index in [1.807, 2.05) is 44.2 Å². The molecule has 2 aromatic rings. The van der Waals surface area contributed by atoms with Gasteiger partial charge in [-0.25, -0.2) is 0 Å². The van der Waals surface area contributed by atoms with Crippen LogP contribution in [0.5, 0.6) is 5.75 Å². The minimum atomic E-state index is -0.711. The van der Waals surface area contributed by atoms with Gasteiger partial charge in [0.1, 0.15) is 11.9 Å². The topological polar surface area (TPSA) is 29.5 Å². The summed E-state index contributed by atoms with van der Waals surface area (Å²) in [5.41, 5.74) is 5.96. The Labute approximate surface area is 151 Å². The molecule has 2 rings (SSSR count). The number of allylic oxidation sites excluding steroid dienone is 1. The highest BCUT2D eigenvalue weighted by Gasteiger charge is 2.24. The fraction of sp³-hybridized carbons (Fsp3) is 0.304. The lowest BCUT2D eigenvalue weighted by atomic mass is 9.82. The molecule has 0 aliphatic rings. The third kappa shape index (κ3) is 3.85. The van der Waals surface area contributed by atoms with Crippen molar-refractivity contribution in [1.82, 2.24) is 0 Å². The summed E-state index contributed by atoms with van der Waals surface area (Å²) < 4.78 is 5.64. The SMILES string of the molecule is C=C(C)C(O)c1ccc(OC)c(C(C)C)c1/C(=C/C)c1ccccc1. The van der Waals surface area contributed by atoms with E-state index in [-0.39, 0.29) is 5.92 Å². The predicted octanol–water partition coefficient (Wildman–Crippen LogP) is 5.88. The van der Waals surface area contributed by atoms with E-state index in [0.717, 1.165) is 39.1 Å². The number of rotatable bonds is 6. The molecular weight excluding hydrogens is 308 g/mol. The largest absolute Gasteiger partial charge is 0.496 e. The van der Waals surface area contributed by atoms with Crippen LogP contribution < -0.4 is 4.74 Å². The molecule has 1 N–H and O–H groups in total. The van der Waals surface area contributed by atoms with Crippen molar-refractivity contribution >= 4 is 5.57 Å². The molecule has 0 saturated carbocycles. The summed E-state index contributed by atoms with van der Waals surface area (Å²) in [5.74, 6) is 1.10. The molecule has 0 aliphatic carbocycles. The number of hydrogen-bond donors (Lipinski definition) is 1. The normalized spacial score (nSPS) is 13.0. The molecule has 25 heavy (non-hydrogen) atoms. The smallest absolute Gasteiger partial charge is 0.122 e. The van der Waals surface area contributed by atoms with Crippen LogP contribution in [-0.4, -0.2) is 12.2 Å². The summed E-state index contributed by atoms with van der Waals surface area (Å²) in [7, 11) is 1.69. The molecule has 0 amide bonds. The molecule has 2 aromatic carbocycles. The van der Waals surface area contributed by atoms with E-state index in [0.29, 0.717) is 0 Å². The third-order valence-corrected chi connectivity index (χ3v) is 4.44. The van der Waals surface area contributed by atoms with Crippen LogP contribution in [0.4, 0.5) is 0 Å². The monoisotopic (exact) mass is 336 g/mol. The van der Waals surface area contributed by atoms with Crippen LogP contribution >= 0.6 is 0 Å². The zero-order chi connectivity index (χ0) is 18.6. The summed E-state index contributed by atoms with van der Waals surface area (Å²) in [5, 5.41) is 10.8. The first-order valence-corrected chi connectivity index (χ1v) is 8.68. The number of benzene rings is 2. The van der Waals surface area contributed by atoms with Gasteiger partial charge in [-0.3, -0.25) is 0 Å². The van der Waals surface area contributed by atoms with E-state index < -0.39 is 6.10 Å². The van der Waals surface area contributed by atoms with E-state index in [1.54, 1.807) is 7.11 Å². The highest BCUT2D eigenvalue weighted by molar-refractivity contribution is 5.84. The van der Waals surface area contributed by atoms with Crippen molar-refractivity contribution in [2.24, 2.45) is 0 Å². The molecule has 1 unspecified atom stereocenters. The van der Waals surface area contributed by atoms with Gasteiger partial charge in [-0.1, -0.05) is 62.9 Å². The standard InChI is InChI=1S/C23H28O2/c1-7-18(17-11-9-8-10-12-17)22-19(23(24)16(4)5)13-14-20(25-6)21(22)15(2)3/h7-15,23-24H,4H2,1-3,5-6H3/b18-7+. The van der Waals surface area contributed by atoms with E-state index in [4.69, 9.17) is 4.74 Å². The Morgan fingerprint density at radius 1 is 1.12 bits per heavy atom. The Morgan fingerprint density at radius 3 is 2.24 bits per heavy atom. The molecule has 0 saturated heterocycles. The van der Waals surface area contributed by atoms with Gasteiger partial charge in [0.2, 0.25) is 0 Å². The Kier molecular flexibility index (Phi) is 6.22. The molecule has 2 nitrogen and oxygen atoms in total. The first-order valence-electron chi connectivity index (χ1n) is 8.68. The zero-order valence-electron chi connectivity index (χ0n) is 15.8. The quantitative estimate of drug-likeness (QED) is 0.667. The third-order valence-electron chi connectivity index (χ3n) is 4.44. The van der Waals surface area contributed by atoms with Crippen molar-refractivity contribution in [2.75, 3.05) is 7.11 Å². The highest BCUT2D eigenvalue weighted by Crippen LogP contribution is 2.41. The number of aliphatic hydroxyl groups is 1. The number of ether oxygens (including phenoxy) is 1. The van der Waals surface area contributed by atoms with Crippen molar-refractivity contribution in [3.8, 4) is 5.75 Å². The van der Waals surface area contributed by atoms with Gasteiger partial charge in [0, 0.05) is 5.56 Å². The number of methoxy groups -OCH3 is 1. The average molecular weight is 336 g/mol. The van der Waals surface area contributed by atoms with Gasteiger partial charge in [-0.15, -0.1) is 0 Å². The molecular formula is C23H28O2. The Balaban J connectivity index is 2.85. The molecule has 0 radical (unpaired) electrons. The van der Waals surface area contributed by atoms with Crippen LogP contribution in [0.2, 0.25) is 0 Å². The Bertz CT molecular complexity index is 770. The van der Waals surface area contributed by atoms with Crippen molar-refractivity contribution in [2.45, 2.75) is 39.7 Å². The summed E-state index contributed by atoms with van der Waals surface area (Å²) in [6.45, 7) is 12.1. The lowest BCUT2D eigenvalue weighted by Crippen LogP contribution is -2.09. The lowest BCUT2D eigenvalue weighted by Gasteiger charge is -2.25. The second kappa shape index (κ2) is 8.17. The van der Waals surface area contributed by atoms with Gasteiger partial charge >= 0.3 is 0 Å². The van der Waals surface area contributed by atoms with Gasteiger partial charge in [0.15, 0.2) is 0 Å². The van der Waals surface area contributed by atoms with Crippen LogP contribution in [0, 0.1) is 0 Å². The Morgan fingerprint density at radius 2 is 1.76 bits per heavy atom. The summed E-state index contributed by atoms with van der Waals surface area (Å²) >= 11 is 0. The Hall–Kier alpha value is -2.32. The van der Waals surface area contributed by atoms with E-state index in [2.05, 4.69) is 38.6 Å². The van der Waals surface area contributed by atoms with Crippen molar-refractivity contribution < 1.29 is 9.84 Å². The molecule has 0 aliphatic heterocycles. The maximum Gasteiger partial charge on any atom is 0.122 e. The molecule has 1 atom stereocenters. The van der Waals surface area contributed by atoms with Crippen LogP contribution in [0.1, 0.15) is 62.0 Å². The minimum absolute atomic E-state index is 0.251. The zero-order valence-corrected chi connectivity index (χ0v) is 15.8. The predicted molar refractivity (Wildman–Crippen MR) is 106 cm³/mol. The summed E-state index contributed by atoms with van der Waals surface area (Å²) in [6.07, 6.45) is 1.39. The van der Waals surface area contributed by atoms with Gasteiger partial charge in [0.05, 0.1) is 7.11 Å². The van der Waals surface area contributed by atoms with Crippen LogP contribution in [-0.2, 0) is 0 Å². The molecule has 132 valence electrons. The molecule has 0 heterocycles. The first kappa shape index (κ1) is 19.0. The molecule has 0 bridgehead atoms. The van der Waals surface area contributed by atoms with Gasteiger partial charge < -0.3 is 9.84 Å². The first-order chi connectivity index (χ1) is 11.9. The molecule has 0 spiro atoms. The summed E-state index contributed by atoms with van der Waals surface area (Å²) in [4.78, 5) is 0. The fourth-order valence-corrected chi connectivity index (χ4v) is 3.24. The minimum Gasteiger partial charge on any atom is -0.496 e. The van der Waals surface area contributed by atoms with Crippen LogP contribution in [0.3, 0.4) is 0 Å². The average Bonchev–Trinajstić information content (AvgIpc) is 2.61. The van der Waals surface area contributed by atoms with Gasteiger partial charge in [-0.05, 0) is 53.7 Å².